The van der Waals surface area contributed by atoms with E-state index in [0.717, 1.165) is 12.8 Å². The highest BCUT2D eigenvalue weighted by atomic mass is 32.3. The van der Waals surface area contributed by atoms with Gasteiger partial charge in [-0.05, 0) is 40.5 Å². The molecule has 1 atom stereocenters. The summed E-state index contributed by atoms with van der Waals surface area (Å²) < 4.78 is 34.4. The summed E-state index contributed by atoms with van der Waals surface area (Å²) in [5.74, 6) is -1.02. The van der Waals surface area contributed by atoms with Crippen molar-refractivity contribution in [3.63, 3.8) is 0 Å². The van der Waals surface area contributed by atoms with E-state index < -0.39 is 21.9 Å². The molecule has 0 aromatic rings. The number of halogens is 1. The third-order valence-electron chi connectivity index (χ3n) is 4.28. The standard InChI is InChI=1S/C14H25FN2O3S/c1-13(2)6-11(7-14(3,4)16-13)17-8-10(5-12(17)18)9-21(15,19)20/h10-11,16H,5-9H2,1-4H3. The van der Waals surface area contributed by atoms with Gasteiger partial charge < -0.3 is 10.2 Å². The summed E-state index contributed by atoms with van der Waals surface area (Å²) >= 11 is 0. The topological polar surface area (TPSA) is 66.5 Å². The summed E-state index contributed by atoms with van der Waals surface area (Å²) in [6.07, 6.45) is 1.77. The molecule has 122 valence electrons. The monoisotopic (exact) mass is 320 g/mol. The van der Waals surface area contributed by atoms with Gasteiger partial charge in [-0.15, -0.1) is 3.89 Å². The van der Waals surface area contributed by atoms with Crippen LogP contribution in [0.3, 0.4) is 0 Å². The van der Waals surface area contributed by atoms with E-state index in [1.165, 1.54) is 0 Å². The number of nitrogens with one attached hydrogen (secondary N) is 1. The molecule has 0 radical (unpaired) electrons. The molecule has 0 aromatic carbocycles. The molecule has 21 heavy (non-hydrogen) atoms. The molecule has 2 heterocycles. The number of rotatable bonds is 3. The van der Waals surface area contributed by atoms with E-state index in [2.05, 4.69) is 33.0 Å². The summed E-state index contributed by atoms with van der Waals surface area (Å²) in [7, 11) is -4.52. The molecule has 0 bridgehead atoms. The van der Waals surface area contributed by atoms with E-state index in [1.807, 2.05) is 0 Å². The highest BCUT2D eigenvalue weighted by molar-refractivity contribution is 7.86. The first-order valence-electron chi connectivity index (χ1n) is 7.38. The molecule has 2 fully saturated rings. The van der Waals surface area contributed by atoms with Crippen molar-refractivity contribution in [3.05, 3.63) is 0 Å². The maximum absolute atomic E-state index is 12.8. The molecule has 1 amide bonds. The van der Waals surface area contributed by atoms with Crippen LogP contribution in [0.2, 0.25) is 0 Å². The molecule has 0 spiro atoms. The second-order valence-corrected chi connectivity index (χ2v) is 9.19. The molecule has 2 aliphatic heterocycles. The number of likely N-dealkylation sites (tertiary alicyclic amines) is 1. The van der Waals surface area contributed by atoms with E-state index in [1.54, 1.807) is 4.90 Å². The molecule has 2 saturated heterocycles. The van der Waals surface area contributed by atoms with E-state index in [0.29, 0.717) is 6.54 Å². The lowest BCUT2D eigenvalue weighted by Gasteiger charge is -2.49. The van der Waals surface area contributed by atoms with Crippen molar-refractivity contribution in [3.8, 4) is 0 Å². The highest BCUT2D eigenvalue weighted by Crippen LogP contribution is 2.34. The van der Waals surface area contributed by atoms with E-state index in [9.17, 15) is 17.1 Å². The van der Waals surface area contributed by atoms with Crippen LogP contribution in [0.5, 0.6) is 0 Å². The van der Waals surface area contributed by atoms with Gasteiger partial charge in [-0.3, -0.25) is 4.79 Å². The minimum Gasteiger partial charge on any atom is -0.339 e. The number of hydrogen-bond acceptors (Lipinski definition) is 4. The molecule has 2 aliphatic rings. The maximum atomic E-state index is 12.8. The number of hydrogen-bond donors (Lipinski definition) is 1. The SMILES string of the molecule is CC1(C)CC(N2CC(CS(=O)(=O)F)CC2=O)CC(C)(C)N1. The maximum Gasteiger partial charge on any atom is 0.302 e. The van der Waals surface area contributed by atoms with Gasteiger partial charge in [0, 0.05) is 36.0 Å². The van der Waals surface area contributed by atoms with Crippen LogP contribution in [0, 0.1) is 5.92 Å². The fraction of sp³-hybridized carbons (Fsp3) is 0.929. The zero-order chi connectivity index (χ0) is 16.1. The van der Waals surface area contributed by atoms with Crippen molar-refractivity contribution in [2.75, 3.05) is 12.3 Å². The smallest absolute Gasteiger partial charge is 0.302 e. The lowest BCUT2D eigenvalue weighted by atomic mass is 9.79. The second-order valence-electron chi connectivity index (χ2n) is 7.78. The zero-order valence-corrected chi connectivity index (χ0v) is 14.0. The fourth-order valence-electron chi connectivity index (χ4n) is 4.04. The van der Waals surface area contributed by atoms with Crippen molar-refractivity contribution < 1.29 is 17.1 Å². The van der Waals surface area contributed by atoms with Crippen LogP contribution in [-0.4, -0.2) is 48.6 Å². The molecular weight excluding hydrogens is 295 g/mol. The first-order valence-corrected chi connectivity index (χ1v) is 8.93. The van der Waals surface area contributed by atoms with Crippen molar-refractivity contribution in [2.24, 2.45) is 5.92 Å². The van der Waals surface area contributed by atoms with Crippen LogP contribution in [0.4, 0.5) is 3.89 Å². The Morgan fingerprint density at radius 3 is 2.24 bits per heavy atom. The predicted molar refractivity (Wildman–Crippen MR) is 79.0 cm³/mol. The van der Waals surface area contributed by atoms with Crippen LogP contribution in [0.15, 0.2) is 0 Å². The van der Waals surface area contributed by atoms with Gasteiger partial charge in [0.2, 0.25) is 5.91 Å². The minimum absolute atomic E-state index is 0.0536. The summed E-state index contributed by atoms with van der Waals surface area (Å²) in [6, 6.07) is 0.0797. The molecule has 0 aliphatic carbocycles. The Morgan fingerprint density at radius 2 is 1.76 bits per heavy atom. The number of carbonyl (C=O) groups is 1. The largest absolute Gasteiger partial charge is 0.339 e. The molecular formula is C14H25FN2O3S. The number of amides is 1. The lowest BCUT2D eigenvalue weighted by molar-refractivity contribution is -0.131. The molecule has 2 rings (SSSR count). The third kappa shape index (κ3) is 4.39. The Bertz CT molecular complexity index is 514. The first-order chi connectivity index (χ1) is 9.37. The molecule has 1 N–H and O–H groups in total. The van der Waals surface area contributed by atoms with Crippen LogP contribution in [0.25, 0.3) is 0 Å². The zero-order valence-electron chi connectivity index (χ0n) is 13.1. The molecule has 7 heteroatoms. The van der Waals surface area contributed by atoms with Gasteiger partial charge in [-0.25, -0.2) is 0 Å². The Morgan fingerprint density at radius 1 is 1.24 bits per heavy atom. The Kier molecular flexibility index (Phi) is 4.12. The quantitative estimate of drug-likeness (QED) is 0.799. The number of nitrogens with zero attached hydrogens (tertiary/aromatic N) is 1. The summed E-state index contributed by atoms with van der Waals surface area (Å²) in [4.78, 5) is 13.9. The van der Waals surface area contributed by atoms with Gasteiger partial charge in [-0.1, -0.05) is 0 Å². The highest BCUT2D eigenvalue weighted by Gasteiger charge is 2.44. The van der Waals surface area contributed by atoms with Crippen molar-refractivity contribution in [2.45, 2.75) is 64.1 Å². The molecule has 1 unspecified atom stereocenters. The minimum atomic E-state index is -4.52. The van der Waals surface area contributed by atoms with Gasteiger partial charge in [0.05, 0.1) is 5.75 Å². The van der Waals surface area contributed by atoms with E-state index in [-0.39, 0.29) is 29.4 Å². The lowest BCUT2D eigenvalue weighted by Crippen LogP contribution is -2.62. The van der Waals surface area contributed by atoms with Gasteiger partial charge in [0.15, 0.2) is 0 Å². The predicted octanol–water partition coefficient (Wildman–Crippen LogP) is 1.44. The first kappa shape index (κ1) is 16.7. The Hall–Kier alpha value is -0.690. The van der Waals surface area contributed by atoms with E-state index >= 15 is 0 Å². The van der Waals surface area contributed by atoms with Crippen LogP contribution in [-0.2, 0) is 15.0 Å². The van der Waals surface area contributed by atoms with Gasteiger partial charge >= 0.3 is 10.2 Å². The van der Waals surface area contributed by atoms with Crippen molar-refractivity contribution in [1.82, 2.24) is 10.2 Å². The average molecular weight is 320 g/mol. The Labute approximate surface area is 126 Å². The third-order valence-corrected chi connectivity index (χ3v) is 5.15. The second kappa shape index (κ2) is 5.19. The fourth-order valence-corrected chi connectivity index (χ4v) is 4.83. The molecule has 0 aromatic heterocycles. The van der Waals surface area contributed by atoms with Crippen LogP contribution in [0.1, 0.15) is 47.0 Å². The van der Waals surface area contributed by atoms with Gasteiger partial charge in [0.1, 0.15) is 0 Å². The summed E-state index contributed by atoms with van der Waals surface area (Å²) in [6.45, 7) is 8.75. The molecule has 5 nitrogen and oxygen atoms in total. The molecule has 0 saturated carbocycles. The summed E-state index contributed by atoms with van der Waals surface area (Å²) in [5.41, 5.74) is -0.173. The summed E-state index contributed by atoms with van der Waals surface area (Å²) in [5, 5.41) is 3.56. The average Bonchev–Trinajstić information content (AvgIpc) is 2.51. The van der Waals surface area contributed by atoms with Crippen molar-refractivity contribution in [1.29, 1.82) is 0 Å². The van der Waals surface area contributed by atoms with Crippen LogP contribution < -0.4 is 5.32 Å². The van der Waals surface area contributed by atoms with Gasteiger partial charge in [0.25, 0.3) is 0 Å². The van der Waals surface area contributed by atoms with Crippen molar-refractivity contribution >= 4 is 16.1 Å². The number of carbonyl (C=O) groups excluding carboxylic acids is 1. The van der Waals surface area contributed by atoms with Gasteiger partial charge in [-0.2, -0.15) is 8.42 Å². The normalized spacial score (nSPS) is 29.9. The van der Waals surface area contributed by atoms with E-state index in [4.69, 9.17) is 0 Å². The van der Waals surface area contributed by atoms with Crippen LogP contribution >= 0.6 is 0 Å². The Balaban J connectivity index is 2.09. The number of piperidine rings is 1.